The van der Waals surface area contributed by atoms with Crippen LogP contribution in [0.4, 0.5) is 13.2 Å². The van der Waals surface area contributed by atoms with Gasteiger partial charge in [0.2, 0.25) is 5.91 Å². The molecule has 0 aliphatic rings. The van der Waals surface area contributed by atoms with Crippen molar-refractivity contribution >= 4 is 16.9 Å². The highest BCUT2D eigenvalue weighted by Crippen LogP contribution is 2.29. The Morgan fingerprint density at radius 2 is 1.81 bits per heavy atom. The van der Waals surface area contributed by atoms with Gasteiger partial charge in [0.1, 0.15) is 23.1 Å². The lowest BCUT2D eigenvalue weighted by molar-refractivity contribution is -0.274. The quantitative estimate of drug-likeness (QED) is 0.433. The minimum absolute atomic E-state index is 0.0249. The minimum atomic E-state index is -4.75. The second-order valence-electron chi connectivity index (χ2n) is 6.72. The predicted octanol–water partition coefficient (Wildman–Crippen LogP) is 3.34. The van der Waals surface area contributed by atoms with Crippen molar-refractivity contribution < 1.29 is 32.2 Å². The number of carbonyl (C=O) groups excluding carboxylic acids is 1. The molecular weight excluding hydrogens is 429 g/mol. The van der Waals surface area contributed by atoms with Crippen molar-refractivity contribution in [2.45, 2.75) is 26.4 Å². The number of amides is 1. The molecular formula is C21H23F3N4O4. The Bertz CT molecular complexity index is 1050. The molecule has 0 bridgehead atoms. The van der Waals surface area contributed by atoms with Crippen molar-refractivity contribution in [3.05, 3.63) is 48.3 Å². The van der Waals surface area contributed by atoms with Crippen molar-refractivity contribution in [1.82, 2.24) is 14.9 Å². The summed E-state index contributed by atoms with van der Waals surface area (Å²) in [7, 11) is 0. The van der Waals surface area contributed by atoms with Gasteiger partial charge in [-0.2, -0.15) is 0 Å². The van der Waals surface area contributed by atoms with E-state index in [2.05, 4.69) is 15.0 Å². The highest BCUT2D eigenvalue weighted by atomic mass is 19.4. The molecule has 0 saturated carbocycles. The fourth-order valence-electron chi connectivity index (χ4n) is 3.04. The van der Waals surface area contributed by atoms with Crippen molar-refractivity contribution in [3.8, 4) is 17.2 Å². The summed E-state index contributed by atoms with van der Waals surface area (Å²) in [5.41, 5.74) is 6.68. The topological polar surface area (TPSA) is 101 Å². The van der Waals surface area contributed by atoms with Gasteiger partial charge in [0.05, 0.1) is 30.7 Å². The number of hydrogen-bond acceptors (Lipinski definition) is 6. The lowest BCUT2D eigenvalue weighted by Gasteiger charge is -2.11. The molecule has 0 radical (unpaired) electrons. The predicted molar refractivity (Wildman–Crippen MR) is 110 cm³/mol. The fraction of sp³-hybridized carbons (Fsp3) is 0.333. The third kappa shape index (κ3) is 6.59. The van der Waals surface area contributed by atoms with E-state index in [1.54, 1.807) is 18.2 Å². The molecule has 32 heavy (non-hydrogen) atoms. The molecule has 3 aromatic rings. The van der Waals surface area contributed by atoms with E-state index in [4.69, 9.17) is 15.2 Å². The molecule has 3 rings (SSSR count). The third-order valence-corrected chi connectivity index (χ3v) is 4.34. The number of hydrogen-bond donors (Lipinski definition) is 2. The summed E-state index contributed by atoms with van der Waals surface area (Å²) < 4.78 is 54.0. The van der Waals surface area contributed by atoms with Crippen molar-refractivity contribution in [1.29, 1.82) is 0 Å². The Labute approximate surface area is 182 Å². The van der Waals surface area contributed by atoms with Gasteiger partial charge in [0.25, 0.3) is 0 Å². The molecule has 0 spiro atoms. The van der Waals surface area contributed by atoms with Gasteiger partial charge >= 0.3 is 6.36 Å². The van der Waals surface area contributed by atoms with Gasteiger partial charge in [-0.3, -0.25) is 4.79 Å². The number of primary amides is 1. The molecule has 1 amide bonds. The second kappa shape index (κ2) is 10.3. The summed E-state index contributed by atoms with van der Waals surface area (Å²) in [5, 5.41) is 2.95. The van der Waals surface area contributed by atoms with Crippen molar-refractivity contribution in [2.75, 3.05) is 19.8 Å². The van der Waals surface area contributed by atoms with Gasteiger partial charge in [-0.15, -0.1) is 13.2 Å². The Morgan fingerprint density at radius 3 is 2.47 bits per heavy atom. The first-order chi connectivity index (χ1) is 15.2. The third-order valence-electron chi connectivity index (χ3n) is 4.34. The van der Waals surface area contributed by atoms with Gasteiger partial charge in [0.15, 0.2) is 0 Å². The van der Waals surface area contributed by atoms with Gasteiger partial charge in [-0.25, -0.2) is 4.98 Å². The van der Waals surface area contributed by atoms with Crippen molar-refractivity contribution in [3.63, 3.8) is 0 Å². The number of aromatic nitrogens is 2. The summed E-state index contributed by atoms with van der Waals surface area (Å²) in [6.45, 7) is 3.83. The number of fused-ring (bicyclic) bond motifs is 1. The van der Waals surface area contributed by atoms with Gasteiger partial charge in [0, 0.05) is 19.2 Å². The maximum atomic E-state index is 12.3. The molecule has 0 saturated heterocycles. The summed E-state index contributed by atoms with van der Waals surface area (Å²) in [6, 6.07) is 10.4. The molecule has 0 atom stereocenters. The van der Waals surface area contributed by atoms with E-state index in [1.165, 1.54) is 24.3 Å². The number of carbonyl (C=O) groups is 1. The number of alkyl halides is 3. The van der Waals surface area contributed by atoms with Crippen molar-refractivity contribution in [2.24, 2.45) is 5.73 Å². The first kappa shape index (κ1) is 23.4. The summed E-state index contributed by atoms with van der Waals surface area (Å²) in [5.74, 6) is 0.734. The summed E-state index contributed by atoms with van der Waals surface area (Å²) >= 11 is 0. The molecule has 172 valence electrons. The maximum Gasteiger partial charge on any atom is 0.573 e. The molecule has 11 heteroatoms. The Balaban J connectivity index is 1.80. The molecule has 1 aromatic heterocycles. The van der Waals surface area contributed by atoms with Crippen LogP contribution in [-0.4, -0.2) is 41.6 Å². The highest BCUT2D eigenvalue weighted by molar-refractivity contribution is 5.78. The molecule has 3 N–H and O–H groups in total. The van der Waals surface area contributed by atoms with E-state index in [-0.39, 0.29) is 12.3 Å². The van der Waals surface area contributed by atoms with E-state index in [0.717, 1.165) is 11.0 Å². The number of halogens is 3. The number of nitrogens with zero attached hydrogens (tertiary/aromatic N) is 2. The molecule has 1 heterocycles. The molecule has 8 nitrogen and oxygen atoms in total. The average Bonchev–Trinajstić information content (AvgIpc) is 3.05. The van der Waals surface area contributed by atoms with E-state index < -0.39 is 12.3 Å². The van der Waals surface area contributed by atoms with Crippen LogP contribution in [0.1, 0.15) is 12.7 Å². The monoisotopic (exact) mass is 452 g/mol. The van der Waals surface area contributed by atoms with Crippen LogP contribution in [0.15, 0.2) is 42.5 Å². The van der Waals surface area contributed by atoms with E-state index >= 15 is 0 Å². The maximum absolute atomic E-state index is 12.3. The zero-order chi connectivity index (χ0) is 23.1. The number of nitrogens with two attached hydrogens (primary N) is 1. The normalized spacial score (nSPS) is 11.6. The largest absolute Gasteiger partial charge is 0.573 e. The number of imidazole rings is 1. The standard InChI is InChI=1S/C21H23F3N4O4/c1-2-30-10-9-28-18-11-16(7-8-17(18)27-20(28)13-26-12-19(25)29)31-14-3-5-15(6-4-14)32-21(22,23)24/h3-8,11,26H,2,9-10,12-13H2,1H3,(H2,25,29). The van der Waals surface area contributed by atoms with Crippen LogP contribution in [0.3, 0.4) is 0 Å². The number of benzene rings is 2. The SMILES string of the molecule is CCOCCn1c(CNCC(N)=O)nc2ccc(Oc3ccc(OC(F)(F)F)cc3)cc21. The van der Waals surface area contributed by atoms with Gasteiger partial charge in [-0.05, 0) is 43.3 Å². The average molecular weight is 452 g/mol. The van der Waals surface area contributed by atoms with Crippen LogP contribution in [0.25, 0.3) is 11.0 Å². The van der Waals surface area contributed by atoms with Crippen LogP contribution in [0.2, 0.25) is 0 Å². The van der Waals surface area contributed by atoms with E-state index in [9.17, 15) is 18.0 Å². The van der Waals surface area contributed by atoms with Crippen LogP contribution < -0.4 is 20.5 Å². The van der Waals surface area contributed by atoms with Crippen LogP contribution in [-0.2, 0) is 22.6 Å². The lowest BCUT2D eigenvalue weighted by atomic mass is 10.3. The Kier molecular flexibility index (Phi) is 7.54. The Morgan fingerprint density at radius 1 is 1.12 bits per heavy atom. The molecule has 0 fully saturated rings. The first-order valence-electron chi connectivity index (χ1n) is 9.84. The zero-order valence-corrected chi connectivity index (χ0v) is 17.3. The number of rotatable bonds is 11. The molecule has 0 aliphatic carbocycles. The van der Waals surface area contributed by atoms with E-state index in [1.807, 2.05) is 11.5 Å². The Hall–Kier alpha value is -3.31. The second-order valence-corrected chi connectivity index (χ2v) is 6.72. The van der Waals surface area contributed by atoms with Crippen LogP contribution >= 0.6 is 0 Å². The molecule has 2 aromatic carbocycles. The van der Waals surface area contributed by atoms with Gasteiger partial charge < -0.3 is 29.8 Å². The summed E-state index contributed by atoms with van der Waals surface area (Å²) in [6.07, 6.45) is -4.75. The van der Waals surface area contributed by atoms with E-state index in [0.29, 0.717) is 43.6 Å². The van der Waals surface area contributed by atoms with Crippen LogP contribution in [0, 0.1) is 0 Å². The smallest absolute Gasteiger partial charge is 0.457 e. The molecule has 0 aliphatic heterocycles. The lowest BCUT2D eigenvalue weighted by Crippen LogP contribution is -2.29. The first-order valence-corrected chi connectivity index (χ1v) is 9.84. The minimum Gasteiger partial charge on any atom is -0.457 e. The molecule has 0 unspecified atom stereocenters. The number of ether oxygens (including phenoxy) is 3. The van der Waals surface area contributed by atoms with Crippen LogP contribution in [0.5, 0.6) is 17.2 Å². The van der Waals surface area contributed by atoms with Gasteiger partial charge in [-0.1, -0.05) is 0 Å². The highest BCUT2D eigenvalue weighted by Gasteiger charge is 2.31. The zero-order valence-electron chi connectivity index (χ0n) is 17.3. The fourth-order valence-corrected chi connectivity index (χ4v) is 3.04. The number of nitrogens with one attached hydrogen (secondary N) is 1. The summed E-state index contributed by atoms with van der Waals surface area (Å²) in [4.78, 5) is 15.6.